The van der Waals surface area contributed by atoms with E-state index >= 15 is 0 Å². The van der Waals surface area contributed by atoms with Crippen LogP contribution in [0.25, 0.3) is 0 Å². The standard InChI is InChI=1S/C21H18ClN3OS/c1-14-6-2-5-9-19(14)24-12-25-20(26)10-16(15-7-3-4-8-18(15)22)17(11-23)21(25)27-13-24/h2-9,16H,10,12-13H2,1H3/t16-/m0/s1. The molecule has 1 fully saturated rings. The predicted octanol–water partition coefficient (Wildman–Crippen LogP) is 4.87. The lowest BCUT2D eigenvalue weighted by Crippen LogP contribution is -2.47. The summed E-state index contributed by atoms with van der Waals surface area (Å²) in [5.74, 6) is 0.448. The minimum Gasteiger partial charge on any atom is -0.343 e. The maximum Gasteiger partial charge on any atom is 0.229 e. The highest BCUT2D eigenvalue weighted by Gasteiger charge is 2.39. The number of aryl methyl sites for hydroxylation is 1. The molecule has 2 aromatic rings. The van der Waals surface area contributed by atoms with E-state index in [1.54, 1.807) is 22.7 Å². The van der Waals surface area contributed by atoms with Crippen LogP contribution in [0.4, 0.5) is 5.69 Å². The van der Waals surface area contributed by atoms with Crippen molar-refractivity contribution >= 4 is 35.0 Å². The smallest absolute Gasteiger partial charge is 0.229 e. The Morgan fingerprint density at radius 2 is 1.93 bits per heavy atom. The van der Waals surface area contributed by atoms with Crippen molar-refractivity contribution in [3.05, 3.63) is 75.3 Å². The second kappa shape index (κ2) is 7.30. The van der Waals surface area contributed by atoms with Crippen molar-refractivity contribution in [1.29, 1.82) is 5.26 Å². The summed E-state index contributed by atoms with van der Waals surface area (Å²) in [5.41, 5.74) is 3.77. The van der Waals surface area contributed by atoms with Crippen molar-refractivity contribution in [3.63, 3.8) is 0 Å². The highest BCUT2D eigenvalue weighted by Crippen LogP contribution is 2.44. The second-order valence-corrected chi connectivity index (χ2v) is 8.01. The number of hydrogen-bond acceptors (Lipinski definition) is 4. The lowest BCUT2D eigenvalue weighted by Gasteiger charge is -2.42. The van der Waals surface area contributed by atoms with Crippen LogP contribution in [0, 0.1) is 18.3 Å². The fraction of sp³-hybridized carbons (Fsp3) is 0.238. The van der Waals surface area contributed by atoms with Gasteiger partial charge >= 0.3 is 0 Å². The summed E-state index contributed by atoms with van der Waals surface area (Å²) in [6.07, 6.45) is 0.262. The van der Waals surface area contributed by atoms with Crippen LogP contribution in [0.1, 0.15) is 23.5 Å². The molecule has 2 aromatic carbocycles. The molecule has 0 saturated carbocycles. The van der Waals surface area contributed by atoms with E-state index in [1.165, 1.54) is 5.56 Å². The van der Waals surface area contributed by atoms with Crippen molar-refractivity contribution in [2.75, 3.05) is 17.4 Å². The number of halogens is 1. The Morgan fingerprint density at radius 1 is 1.19 bits per heavy atom. The molecule has 0 radical (unpaired) electrons. The Bertz CT molecular complexity index is 981. The van der Waals surface area contributed by atoms with Crippen molar-refractivity contribution in [2.45, 2.75) is 19.3 Å². The van der Waals surface area contributed by atoms with Gasteiger partial charge < -0.3 is 4.90 Å². The number of nitriles is 1. The molecule has 1 atom stereocenters. The molecule has 1 saturated heterocycles. The molecule has 4 rings (SSSR count). The first kappa shape index (κ1) is 18.0. The van der Waals surface area contributed by atoms with Crippen LogP contribution in [0.15, 0.2) is 59.1 Å². The number of fused-ring (bicyclic) bond motifs is 1. The van der Waals surface area contributed by atoms with Gasteiger partial charge in [0, 0.05) is 23.0 Å². The van der Waals surface area contributed by atoms with E-state index in [0.717, 1.165) is 16.3 Å². The van der Waals surface area contributed by atoms with Crippen molar-refractivity contribution < 1.29 is 4.79 Å². The molecule has 2 heterocycles. The summed E-state index contributed by atoms with van der Waals surface area (Å²) in [7, 11) is 0. The third-order valence-corrected chi connectivity index (χ3v) is 6.53. The Labute approximate surface area is 168 Å². The van der Waals surface area contributed by atoms with Gasteiger partial charge in [0.05, 0.1) is 29.2 Å². The molecular formula is C21H18ClN3OS. The van der Waals surface area contributed by atoms with Gasteiger partial charge in [-0.1, -0.05) is 59.8 Å². The summed E-state index contributed by atoms with van der Waals surface area (Å²) < 4.78 is 0. The molecule has 0 aromatic heterocycles. The Hall–Kier alpha value is -2.42. The van der Waals surface area contributed by atoms with Gasteiger partial charge in [0.1, 0.15) is 0 Å². The van der Waals surface area contributed by atoms with Gasteiger partial charge in [-0.15, -0.1) is 0 Å². The first-order valence-corrected chi connectivity index (χ1v) is 10.1. The summed E-state index contributed by atoms with van der Waals surface area (Å²) in [5, 5.41) is 11.2. The highest BCUT2D eigenvalue weighted by molar-refractivity contribution is 8.03. The molecule has 0 aliphatic carbocycles. The molecule has 1 amide bonds. The number of benzene rings is 2. The molecule has 0 bridgehead atoms. The molecule has 0 unspecified atom stereocenters. The van der Waals surface area contributed by atoms with Gasteiger partial charge in [-0.3, -0.25) is 9.69 Å². The van der Waals surface area contributed by atoms with Gasteiger partial charge in [-0.25, -0.2) is 0 Å². The monoisotopic (exact) mass is 395 g/mol. The van der Waals surface area contributed by atoms with E-state index in [0.29, 0.717) is 23.1 Å². The third kappa shape index (κ3) is 3.20. The maximum atomic E-state index is 12.9. The van der Waals surface area contributed by atoms with E-state index in [-0.39, 0.29) is 18.2 Å². The number of rotatable bonds is 2. The van der Waals surface area contributed by atoms with Gasteiger partial charge in [0.25, 0.3) is 0 Å². The van der Waals surface area contributed by atoms with E-state index in [2.05, 4.69) is 30.0 Å². The Kier molecular flexibility index (Phi) is 4.86. The fourth-order valence-electron chi connectivity index (χ4n) is 3.66. The average molecular weight is 396 g/mol. The van der Waals surface area contributed by atoms with Crippen molar-refractivity contribution in [2.24, 2.45) is 0 Å². The number of hydrogen-bond donors (Lipinski definition) is 0. The number of nitrogens with zero attached hydrogens (tertiary/aromatic N) is 3. The summed E-state index contributed by atoms with van der Waals surface area (Å²) in [6, 6.07) is 18.0. The molecule has 27 heavy (non-hydrogen) atoms. The van der Waals surface area contributed by atoms with E-state index < -0.39 is 0 Å². The number of para-hydroxylation sites is 1. The molecule has 6 heteroatoms. The van der Waals surface area contributed by atoms with E-state index in [1.807, 2.05) is 30.3 Å². The predicted molar refractivity (Wildman–Crippen MR) is 109 cm³/mol. The number of amides is 1. The van der Waals surface area contributed by atoms with Gasteiger partial charge in [-0.2, -0.15) is 5.26 Å². The average Bonchev–Trinajstić information content (AvgIpc) is 2.68. The minimum atomic E-state index is -0.278. The zero-order chi connectivity index (χ0) is 19.0. The van der Waals surface area contributed by atoms with Gasteiger partial charge in [-0.05, 0) is 30.2 Å². The molecule has 4 nitrogen and oxygen atoms in total. The van der Waals surface area contributed by atoms with Crippen molar-refractivity contribution in [1.82, 2.24) is 4.90 Å². The van der Waals surface area contributed by atoms with Crippen molar-refractivity contribution in [3.8, 4) is 6.07 Å². The fourth-order valence-corrected chi connectivity index (χ4v) is 5.08. The minimum absolute atomic E-state index is 0.0275. The van der Waals surface area contributed by atoms with E-state index in [9.17, 15) is 10.1 Å². The maximum absolute atomic E-state index is 12.9. The SMILES string of the molecule is Cc1ccccc1N1CSC2=C(C#N)[C@H](c3ccccc3Cl)CC(=O)N2C1. The number of carbonyl (C=O) groups is 1. The van der Waals surface area contributed by atoms with Crippen LogP contribution in [0.2, 0.25) is 5.02 Å². The topological polar surface area (TPSA) is 47.3 Å². The Morgan fingerprint density at radius 3 is 2.67 bits per heavy atom. The highest BCUT2D eigenvalue weighted by atomic mass is 35.5. The number of allylic oxidation sites excluding steroid dienone is 1. The van der Waals surface area contributed by atoms with Crippen LogP contribution in [0.3, 0.4) is 0 Å². The second-order valence-electron chi connectivity index (χ2n) is 6.67. The lowest BCUT2D eigenvalue weighted by atomic mass is 9.86. The van der Waals surface area contributed by atoms with Crippen LogP contribution in [-0.4, -0.2) is 23.4 Å². The third-order valence-electron chi connectivity index (χ3n) is 5.03. The van der Waals surface area contributed by atoms with Gasteiger partial charge in [0.15, 0.2) is 0 Å². The molecule has 0 spiro atoms. The number of thioether (sulfide) groups is 1. The summed E-state index contributed by atoms with van der Waals surface area (Å²) in [6.45, 7) is 2.53. The van der Waals surface area contributed by atoms with Gasteiger partial charge in [0.2, 0.25) is 5.91 Å². The molecule has 2 aliphatic heterocycles. The lowest BCUT2D eigenvalue weighted by molar-refractivity contribution is -0.129. The quantitative estimate of drug-likeness (QED) is 0.727. The largest absolute Gasteiger partial charge is 0.343 e. The molecule has 136 valence electrons. The number of anilines is 1. The molecular weight excluding hydrogens is 378 g/mol. The van der Waals surface area contributed by atoms with Crippen LogP contribution in [0.5, 0.6) is 0 Å². The normalized spacial score (nSPS) is 19.7. The van der Waals surface area contributed by atoms with Crippen LogP contribution < -0.4 is 4.90 Å². The summed E-state index contributed by atoms with van der Waals surface area (Å²) in [4.78, 5) is 16.9. The first-order chi connectivity index (χ1) is 13.1. The van der Waals surface area contributed by atoms with Crippen LogP contribution >= 0.6 is 23.4 Å². The van der Waals surface area contributed by atoms with Crippen LogP contribution in [-0.2, 0) is 4.79 Å². The zero-order valence-corrected chi connectivity index (χ0v) is 16.4. The summed E-state index contributed by atoms with van der Waals surface area (Å²) >= 11 is 7.90. The molecule has 0 N–H and O–H groups in total. The Balaban J connectivity index is 1.70. The van der Waals surface area contributed by atoms with E-state index in [4.69, 9.17) is 11.6 Å². The zero-order valence-electron chi connectivity index (χ0n) is 14.9. The first-order valence-electron chi connectivity index (χ1n) is 8.72. The number of carbonyl (C=O) groups excluding carboxylic acids is 1. The molecule has 2 aliphatic rings.